The van der Waals surface area contributed by atoms with Crippen molar-refractivity contribution in [2.45, 2.75) is 95.9 Å². The third-order valence-electron chi connectivity index (χ3n) is 9.38. The fraction of sp³-hybridized carbons (Fsp3) is 0.438. The number of hydrogen-bond donors (Lipinski definition) is 0. The highest BCUT2D eigenvalue weighted by Gasteiger charge is 2.35. The maximum absolute atomic E-state index is 2.35. The van der Waals surface area contributed by atoms with Gasteiger partial charge in [0.15, 0.2) is 0 Å². The molecule has 0 aliphatic heterocycles. The van der Waals surface area contributed by atoms with Crippen molar-refractivity contribution in [3.8, 4) is 0 Å². The van der Waals surface area contributed by atoms with Gasteiger partial charge in [0, 0.05) is 11.8 Å². The summed E-state index contributed by atoms with van der Waals surface area (Å²) in [4.78, 5) is 0. The van der Waals surface area contributed by atoms with Crippen molar-refractivity contribution < 1.29 is 0 Å². The van der Waals surface area contributed by atoms with Gasteiger partial charge in [0.1, 0.15) is 0 Å². The Morgan fingerprint density at radius 3 is 0.812 bits per heavy atom. The van der Waals surface area contributed by atoms with Gasteiger partial charge in [-0.05, 0) is 174 Å². The molecule has 0 spiro atoms. The molecule has 32 heavy (non-hydrogen) atoms. The standard InChI is InChI=1S/C32H40/c1-15-17(3)23(9)31-27(19(5)25(11)29(31)21(15)7)13-14-28-20(6)26(12)30-22(8)16(2)18(4)24(10)32(28)30/h13-14H2,1-12H3. The molecular formula is C32H40. The first-order chi connectivity index (χ1) is 14.9. The van der Waals surface area contributed by atoms with Crippen LogP contribution in [-0.2, 0) is 0 Å². The van der Waals surface area contributed by atoms with Gasteiger partial charge in [-0.3, -0.25) is 0 Å². The van der Waals surface area contributed by atoms with Crippen molar-refractivity contribution >= 4 is 11.1 Å². The van der Waals surface area contributed by atoms with Crippen molar-refractivity contribution in [2.75, 3.05) is 0 Å². The third kappa shape index (κ3) is 2.94. The van der Waals surface area contributed by atoms with Crippen molar-refractivity contribution in [2.24, 2.45) is 0 Å². The minimum atomic E-state index is 1.11. The first-order valence-corrected chi connectivity index (χ1v) is 12.2. The second kappa shape index (κ2) is 7.75. The average molecular weight is 425 g/mol. The molecule has 0 bridgehead atoms. The minimum absolute atomic E-state index is 1.11. The molecule has 2 aliphatic rings. The Morgan fingerprint density at radius 2 is 0.531 bits per heavy atom. The van der Waals surface area contributed by atoms with Crippen LogP contribution in [0.2, 0.25) is 0 Å². The van der Waals surface area contributed by atoms with E-state index in [1.165, 1.54) is 89.1 Å². The molecule has 2 radical (unpaired) electrons. The minimum Gasteiger partial charge on any atom is -0.0579 e. The second-order valence-electron chi connectivity index (χ2n) is 10.5. The summed E-state index contributed by atoms with van der Waals surface area (Å²) in [5.74, 6) is 3.15. The van der Waals surface area contributed by atoms with Gasteiger partial charge in [0.05, 0.1) is 0 Å². The molecule has 0 atom stereocenters. The molecule has 168 valence electrons. The highest BCUT2D eigenvalue weighted by Crippen LogP contribution is 2.52. The van der Waals surface area contributed by atoms with Gasteiger partial charge >= 0.3 is 0 Å². The van der Waals surface area contributed by atoms with Crippen LogP contribution in [0.5, 0.6) is 0 Å². The molecule has 0 amide bonds. The van der Waals surface area contributed by atoms with E-state index in [-0.39, 0.29) is 0 Å². The van der Waals surface area contributed by atoms with E-state index < -0.39 is 0 Å². The lowest BCUT2D eigenvalue weighted by Gasteiger charge is -2.24. The normalized spacial score (nSPS) is 16.5. The molecule has 0 saturated heterocycles. The zero-order valence-electron chi connectivity index (χ0n) is 22.4. The number of hydrogen-bond acceptors (Lipinski definition) is 0. The zero-order chi connectivity index (χ0) is 23.8. The van der Waals surface area contributed by atoms with E-state index in [4.69, 9.17) is 0 Å². The van der Waals surface area contributed by atoms with E-state index in [0.29, 0.717) is 0 Å². The van der Waals surface area contributed by atoms with E-state index in [1.807, 2.05) is 0 Å². The molecule has 0 heteroatoms. The van der Waals surface area contributed by atoms with Crippen LogP contribution in [0.25, 0.3) is 11.1 Å². The Labute approximate surface area is 196 Å². The Hall–Kier alpha value is -2.08. The summed E-state index contributed by atoms with van der Waals surface area (Å²) in [5, 5.41) is 0. The lowest BCUT2D eigenvalue weighted by Crippen LogP contribution is -2.10. The number of benzene rings is 2. The maximum atomic E-state index is 2.35. The first kappa shape index (κ1) is 23.1. The van der Waals surface area contributed by atoms with Crippen LogP contribution in [0.3, 0.4) is 0 Å². The molecule has 0 unspecified atom stereocenters. The largest absolute Gasteiger partial charge is 0.0579 e. The molecule has 0 N–H and O–H groups in total. The second-order valence-corrected chi connectivity index (χ2v) is 10.5. The smallest absolute Gasteiger partial charge is 0.0308 e. The van der Waals surface area contributed by atoms with Gasteiger partial charge in [-0.2, -0.15) is 0 Å². The van der Waals surface area contributed by atoms with Gasteiger partial charge in [-0.25, -0.2) is 0 Å². The van der Waals surface area contributed by atoms with Crippen LogP contribution < -0.4 is 0 Å². The molecule has 0 heterocycles. The summed E-state index contributed by atoms with van der Waals surface area (Å²) in [5.41, 5.74) is 23.8. The Bertz CT molecular complexity index is 1130. The van der Waals surface area contributed by atoms with Crippen molar-refractivity contribution in [1.82, 2.24) is 0 Å². The van der Waals surface area contributed by atoms with Gasteiger partial charge in [-0.15, -0.1) is 0 Å². The first-order valence-electron chi connectivity index (χ1n) is 12.2. The molecular weight excluding hydrogens is 384 g/mol. The summed E-state index contributed by atoms with van der Waals surface area (Å²) >= 11 is 0. The van der Waals surface area contributed by atoms with Crippen LogP contribution in [0, 0.1) is 67.2 Å². The molecule has 0 fully saturated rings. The fourth-order valence-electron chi connectivity index (χ4n) is 6.39. The lowest BCUT2D eigenvalue weighted by molar-refractivity contribution is 0.812. The molecule has 0 nitrogen and oxygen atoms in total. The lowest BCUT2D eigenvalue weighted by atomic mass is 9.79. The summed E-state index contributed by atoms with van der Waals surface area (Å²) in [7, 11) is 0. The van der Waals surface area contributed by atoms with Crippen LogP contribution in [-0.4, -0.2) is 0 Å². The molecule has 4 rings (SSSR count). The van der Waals surface area contributed by atoms with Gasteiger partial charge in [0.25, 0.3) is 0 Å². The summed E-state index contributed by atoms with van der Waals surface area (Å²) < 4.78 is 0. The highest BCUT2D eigenvalue weighted by atomic mass is 14.4. The number of allylic oxidation sites excluding steroid dienone is 4. The quantitative estimate of drug-likeness (QED) is 0.461. The molecule has 0 saturated carbocycles. The Kier molecular flexibility index (Phi) is 5.60. The third-order valence-corrected chi connectivity index (χ3v) is 9.38. The van der Waals surface area contributed by atoms with E-state index in [9.17, 15) is 0 Å². The molecule has 0 aromatic heterocycles. The summed E-state index contributed by atoms with van der Waals surface area (Å²) in [6.45, 7) is 27.8. The van der Waals surface area contributed by atoms with E-state index >= 15 is 0 Å². The van der Waals surface area contributed by atoms with E-state index in [2.05, 4.69) is 83.1 Å². The van der Waals surface area contributed by atoms with Gasteiger partial charge in [0.2, 0.25) is 0 Å². The van der Waals surface area contributed by atoms with Gasteiger partial charge in [-0.1, -0.05) is 11.1 Å². The van der Waals surface area contributed by atoms with Crippen LogP contribution >= 0.6 is 0 Å². The number of fused-ring (bicyclic) bond motifs is 2. The topological polar surface area (TPSA) is 0 Å². The highest BCUT2D eigenvalue weighted by molar-refractivity contribution is 5.87. The van der Waals surface area contributed by atoms with Crippen molar-refractivity contribution in [1.29, 1.82) is 0 Å². The van der Waals surface area contributed by atoms with E-state index in [0.717, 1.165) is 12.8 Å². The summed E-state index contributed by atoms with van der Waals surface area (Å²) in [6, 6.07) is 0. The molecule has 2 aromatic carbocycles. The zero-order valence-corrected chi connectivity index (χ0v) is 22.4. The van der Waals surface area contributed by atoms with E-state index in [1.54, 1.807) is 11.8 Å². The SMILES string of the molecule is CC1=C(C)c2c(C)c(C)c(C)c(C)c2[C]1CC[C]1C(C)=C(C)c2c(C)c(C)c(C)c(C)c21. The van der Waals surface area contributed by atoms with Crippen LogP contribution in [0.4, 0.5) is 0 Å². The monoisotopic (exact) mass is 424 g/mol. The summed E-state index contributed by atoms with van der Waals surface area (Å²) in [6.07, 6.45) is 2.23. The predicted octanol–water partition coefficient (Wildman–Crippen LogP) is 9.09. The number of rotatable bonds is 3. The maximum Gasteiger partial charge on any atom is 0.0308 e. The molecule has 2 aromatic rings. The average Bonchev–Trinajstić information content (AvgIpc) is 3.16. The van der Waals surface area contributed by atoms with Crippen LogP contribution in [0.15, 0.2) is 11.1 Å². The Morgan fingerprint density at radius 1 is 0.281 bits per heavy atom. The van der Waals surface area contributed by atoms with Crippen molar-refractivity contribution in [3.05, 3.63) is 89.7 Å². The predicted molar refractivity (Wildman–Crippen MR) is 141 cm³/mol. The van der Waals surface area contributed by atoms with Crippen LogP contribution in [0.1, 0.15) is 107 Å². The van der Waals surface area contributed by atoms with Crippen molar-refractivity contribution in [3.63, 3.8) is 0 Å². The molecule has 2 aliphatic carbocycles. The van der Waals surface area contributed by atoms with Gasteiger partial charge < -0.3 is 0 Å². The Balaban J connectivity index is 1.77. The fourth-order valence-corrected chi connectivity index (χ4v) is 6.39.